The summed E-state index contributed by atoms with van der Waals surface area (Å²) in [6, 6.07) is 0. The number of hydrogen-bond donors (Lipinski definition) is 2. The van der Waals surface area contributed by atoms with Crippen molar-refractivity contribution in [2.45, 2.75) is 66.2 Å². The molecule has 0 atom stereocenters. The lowest BCUT2D eigenvalue weighted by Crippen LogP contribution is -2.56. The minimum atomic E-state index is -0.575. The summed E-state index contributed by atoms with van der Waals surface area (Å²) in [5.41, 5.74) is 5.37. The van der Waals surface area contributed by atoms with Crippen LogP contribution in [0.5, 0.6) is 0 Å². The van der Waals surface area contributed by atoms with Gasteiger partial charge in [0.1, 0.15) is 0 Å². The molecule has 1 saturated carbocycles. The number of carbonyl (C=O) groups is 1. The van der Waals surface area contributed by atoms with Gasteiger partial charge >= 0.3 is 0 Å². The lowest BCUT2D eigenvalue weighted by Gasteiger charge is -2.44. The SMILES string of the molecule is CCCCCC(C)(C)CNC(=O)C1(C(N)=S)CC(C)C1. The molecule has 0 aromatic carbocycles. The molecule has 0 heterocycles. The van der Waals surface area contributed by atoms with E-state index in [2.05, 4.69) is 33.0 Å². The molecule has 4 heteroatoms. The van der Waals surface area contributed by atoms with Gasteiger partial charge in [-0.05, 0) is 30.6 Å². The molecule has 1 amide bonds. The second kappa shape index (κ2) is 6.88. The van der Waals surface area contributed by atoms with Crippen LogP contribution in [-0.4, -0.2) is 17.4 Å². The van der Waals surface area contributed by atoms with E-state index < -0.39 is 5.41 Å². The topological polar surface area (TPSA) is 55.1 Å². The third-order valence-corrected chi connectivity index (χ3v) is 4.88. The van der Waals surface area contributed by atoms with Crippen molar-refractivity contribution >= 4 is 23.1 Å². The molecule has 116 valence electrons. The Morgan fingerprint density at radius 2 is 2.00 bits per heavy atom. The second-order valence-corrected chi connectivity index (χ2v) is 7.70. The number of nitrogens with two attached hydrogens (primary N) is 1. The molecule has 0 bridgehead atoms. The summed E-state index contributed by atoms with van der Waals surface area (Å²) in [5.74, 6) is 0.575. The third-order valence-electron chi connectivity index (χ3n) is 4.48. The van der Waals surface area contributed by atoms with E-state index in [1.165, 1.54) is 19.3 Å². The molecule has 1 rings (SSSR count). The summed E-state index contributed by atoms with van der Waals surface area (Å²) in [7, 11) is 0. The highest BCUT2D eigenvalue weighted by molar-refractivity contribution is 7.80. The van der Waals surface area contributed by atoms with Crippen LogP contribution in [0, 0.1) is 16.7 Å². The van der Waals surface area contributed by atoms with E-state index in [0.717, 1.165) is 19.3 Å². The molecule has 0 aliphatic heterocycles. The van der Waals surface area contributed by atoms with Crippen LogP contribution in [0.4, 0.5) is 0 Å². The number of thiocarbonyl (C=S) groups is 1. The first kappa shape index (κ1) is 17.4. The monoisotopic (exact) mass is 298 g/mol. The second-order valence-electron chi connectivity index (χ2n) is 7.26. The quantitative estimate of drug-likeness (QED) is 0.533. The van der Waals surface area contributed by atoms with Crippen molar-refractivity contribution in [3.8, 4) is 0 Å². The zero-order valence-corrected chi connectivity index (χ0v) is 14.2. The fourth-order valence-corrected chi connectivity index (χ4v) is 3.32. The normalized spacial score (nSPS) is 25.9. The molecule has 1 fully saturated rings. The van der Waals surface area contributed by atoms with Crippen LogP contribution in [-0.2, 0) is 4.79 Å². The van der Waals surface area contributed by atoms with Crippen molar-refractivity contribution in [3.05, 3.63) is 0 Å². The molecule has 0 radical (unpaired) electrons. The summed E-state index contributed by atoms with van der Waals surface area (Å²) in [6.45, 7) is 9.46. The van der Waals surface area contributed by atoms with Crippen LogP contribution < -0.4 is 11.1 Å². The van der Waals surface area contributed by atoms with E-state index >= 15 is 0 Å². The van der Waals surface area contributed by atoms with E-state index in [9.17, 15) is 4.79 Å². The average Bonchev–Trinajstić information content (AvgIpc) is 2.31. The minimum Gasteiger partial charge on any atom is -0.392 e. The molecule has 3 N–H and O–H groups in total. The molecule has 0 aromatic heterocycles. The summed E-state index contributed by atoms with van der Waals surface area (Å²) in [5, 5.41) is 3.09. The highest BCUT2D eigenvalue weighted by Crippen LogP contribution is 2.46. The number of hydrogen-bond acceptors (Lipinski definition) is 2. The maximum atomic E-state index is 12.4. The van der Waals surface area contributed by atoms with Crippen molar-refractivity contribution in [3.63, 3.8) is 0 Å². The van der Waals surface area contributed by atoms with Crippen molar-refractivity contribution < 1.29 is 4.79 Å². The zero-order chi connectivity index (χ0) is 15.4. The summed E-state index contributed by atoms with van der Waals surface area (Å²) in [6.07, 6.45) is 6.43. The van der Waals surface area contributed by atoms with Crippen LogP contribution >= 0.6 is 12.2 Å². The van der Waals surface area contributed by atoms with Crippen LogP contribution in [0.25, 0.3) is 0 Å². The number of nitrogens with one attached hydrogen (secondary N) is 1. The van der Waals surface area contributed by atoms with Gasteiger partial charge in [-0.1, -0.05) is 59.2 Å². The molecule has 0 saturated heterocycles. The average molecular weight is 298 g/mol. The predicted molar refractivity (Wildman–Crippen MR) is 88.5 cm³/mol. The van der Waals surface area contributed by atoms with Gasteiger partial charge in [0.25, 0.3) is 0 Å². The fourth-order valence-electron chi connectivity index (χ4n) is 3.06. The van der Waals surface area contributed by atoms with Gasteiger partial charge in [-0.2, -0.15) is 0 Å². The van der Waals surface area contributed by atoms with E-state index in [1.807, 2.05) is 0 Å². The third kappa shape index (κ3) is 4.18. The van der Waals surface area contributed by atoms with Crippen molar-refractivity contribution in [2.24, 2.45) is 22.5 Å². The molecule has 20 heavy (non-hydrogen) atoms. The van der Waals surface area contributed by atoms with Crippen molar-refractivity contribution in [1.82, 2.24) is 5.32 Å². The Bertz CT molecular complexity index is 359. The number of carbonyl (C=O) groups excluding carboxylic acids is 1. The molecule has 1 aliphatic rings. The summed E-state index contributed by atoms with van der Waals surface area (Å²) >= 11 is 5.12. The van der Waals surface area contributed by atoms with E-state index in [1.54, 1.807) is 0 Å². The van der Waals surface area contributed by atoms with Crippen molar-refractivity contribution in [1.29, 1.82) is 0 Å². The maximum Gasteiger partial charge on any atom is 0.233 e. The van der Waals surface area contributed by atoms with Crippen molar-refractivity contribution in [2.75, 3.05) is 6.54 Å². The molecule has 0 aromatic rings. The summed E-state index contributed by atoms with van der Waals surface area (Å²) < 4.78 is 0. The highest BCUT2D eigenvalue weighted by Gasteiger charge is 2.50. The Morgan fingerprint density at radius 1 is 1.40 bits per heavy atom. The number of amides is 1. The maximum absolute atomic E-state index is 12.4. The van der Waals surface area contributed by atoms with Gasteiger partial charge in [0.05, 0.1) is 10.4 Å². The largest absolute Gasteiger partial charge is 0.392 e. The summed E-state index contributed by atoms with van der Waals surface area (Å²) in [4.78, 5) is 12.8. The van der Waals surface area contributed by atoms with Crippen LogP contribution in [0.2, 0.25) is 0 Å². The smallest absolute Gasteiger partial charge is 0.233 e. The minimum absolute atomic E-state index is 0.0340. The molecule has 0 unspecified atom stereocenters. The van der Waals surface area contributed by atoms with Gasteiger partial charge < -0.3 is 11.1 Å². The standard InChI is InChI=1S/C16H30N2OS/c1-5-6-7-8-15(3,4)11-18-14(19)16(13(17)20)9-12(2)10-16/h12H,5-11H2,1-4H3,(H2,17,20)(H,18,19). The Labute approximate surface area is 129 Å². The fraction of sp³-hybridized carbons (Fsp3) is 0.875. The molecule has 1 aliphatic carbocycles. The zero-order valence-electron chi connectivity index (χ0n) is 13.4. The number of unbranched alkanes of at least 4 members (excludes halogenated alkanes) is 2. The van der Waals surface area contributed by atoms with Gasteiger partial charge in [0.2, 0.25) is 5.91 Å². The van der Waals surface area contributed by atoms with Crippen LogP contribution in [0.1, 0.15) is 66.2 Å². The first-order chi connectivity index (χ1) is 9.23. The van der Waals surface area contributed by atoms with E-state index in [4.69, 9.17) is 18.0 Å². The van der Waals surface area contributed by atoms with Gasteiger partial charge in [-0.25, -0.2) is 0 Å². The van der Waals surface area contributed by atoms with Gasteiger partial charge in [-0.3, -0.25) is 4.79 Å². The molecule has 3 nitrogen and oxygen atoms in total. The molecular weight excluding hydrogens is 268 g/mol. The predicted octanol–water partition coefficient (Wildman–Crippen LogP) is 3.41. The highest BCUT2D eigenvalue weighted by atomic mass is 32.1. The van der Waals surface area contributed by atoms with Gasteiger partial charge in [0, 0.05) is 6.54 Å². The van der Waals surface area contributed by atoms with Gasteiger partial charge in [0.15, 0.2) is 0 Å². The Balaban J connectivity index is 2.47. The first-order valence-corrected chi connectivity index (χ1v) is 8.22. The molecular formula is C16H30N2OS. The Morgan fingerprint density at radius 3 is 2.45 bits per heavy atom. The lowest BCUT2D eigenvalue weighted by atomic mass is 9.62. The molecule has 0 spiro atoms. The lowest BCUT2D eigenvalue weighted by molar-refractivity contribution is -0.133. The Kier molecular flexibility index (Phi) is 5.99. The Hall–Kier alpha value is -0.640. The van der Waals surface area contributed by atoms with Gasteiger partial charge in [-0.15, -0.1) is 0 Å². The number of rotatable bonds is 8. The van der Waals surface area contributed by atoms with Crippen LogP contribution in [0.15, 0.2) is 0 Å². The van der Waals surface area contributed by atoms with Crippen LogP contribution in [0.3, 0.4) is 0 Å². The van der Waals surface area contributed by atoms with E-state index in [0.29, 0.717) is 17.5 Å². The van der Waals surface area contributed by atoms with E-state index in [-0.39, 0.29) is 11.3 Å². The first-order valence-electron chi connectivity index (χ1n) is 7.82.